The molecule has 6 nitrogen and oxygen atoms in total. The summed E-state index contributed by atoms with van der Waals surface area (Å²) >= 11 is 0. The van der Waals surface area contributed by atoms with Crippen LogP contribution in [0.3, 0.4) is 0 Å². The summed E-state index contributed by atoms with van der Waals surface area (Å²) < 4.78 is 10.0. The van der Waals surface area contributed by atoms with Crippen molar-refractivity contribution in [1.82, 2.24) is 4.98 Å². The van der Waals surface area contributed by atoms with E-state index in [2.05, 4.69) is 15.2 Å². The molecular weight excluding hydrogens is 306 g/mol. The van der Waals surface area contributed by atoms with Gasteiger partial charge in [-0.3, -0.25) is 0 Å². The molecule has 0 N–H and O–H groups in total. The van der Waals surface area contributed by atoms with Gasteiger partial charge in [0, 0.05) is 5.56 Å². The molecule has 3 aromatic rings. The molecule has 6 heteroatoms. The predicted molar refractivity (Wildman–Crippen MR) is 87.7 cm³/mol. The maximum atomic E-state index is 11.9. The zero-order valence-electron chi connectivity index (χ0n) is 13.0. The van der Waals surface area contributed by atoms with Crippen molar-refractivity contribution in [3.8, 4) is 11.3 Å². The second kappa shape index (κ2) is 7.32. The molecule has 0 saturated carbocycles. The first kappa shape index (κ1) is 15.6. The number of ether oxygens (including phenoxy) is 1. The van der Waals surface area contributed by atoms with E-state index in [9.17, 15) is 4.79 Å². The van der Waals surface area contributed by atoms with Gasteiger partial charge in [-0.25, -0.2) is 9.78 Å². The normalized spacial score (nSPS) is 12.2. The van der Waals surface area contributed by atoms with Crippen LogP contribution >= 0.6 is 0 Å². The lowest BCUT2D eigenvalue weighted by Crippen LogP contribution is -2.11. The number of oxazole rings is 1. The Labute approximate surface area is 138 Å². The number of esters is 1. The number of hydrogen-bond donors (Lipinski definition) is 0. The Morgan fingerprint density at radius 3 is 2.50 bits per heavy atom. The van der Waals surface area contributed by atoms with Crippen molar-refractivity contribution >= 4 is 11.7 Å². The van der Waals surface area contributed by atoms with E-state index < -0.39 is 12.0 Å². The van der Waals surface area contributed by atoms with Gasteiger partial charge in [-0.05, 0) is 29.8 Å². The van der Waals surface area contributed by atoms with Gasteiger partial charge in [0.2, 0.25) is 0 Å². The Balaban J connectivity index is 1.80. The number of hydrogen-bond acceptors (Lipinski definition) is 6. The second-order valence-electron chi connectivity index (χ2n) is 4.96. The molecular formula is C18H15N3O3. The number of aromatic nitrogens is 1. The van der Waals surface area contributed by atoms with Crippen LogP contribution in [0.1, 0.15) is 11.6 Å². The van der Waals surface area contributed by atoms with Crippen molar-refractivity contribution in [2.24, 2.45) is 10.2 Å². The van der Waals surface area contributed by atoms with Gasteiger partial charge in [0.05, 0.1) is 19.0 Å². The van der Waals surface area contributed by atoms with Crippen molar-refractivity contribution < 1.29 is 13.9 Å². The highest BCUT2D eigenvalue weighted by Crippen LogP contribution is 2.25. The highest BCUT2D eigenvalue weighted by atomic mass is 16.5. The van der Waals surface area contributed by atoms with E-state index in [1.807, 2.05) is 42.5 Å². The van der Waals surface area contributed by atoms with Gasteiger partial charge < -0.3 is 9.15 Å². The van der Waals surface area contributed by atoms with Crippen LogP contribution in [0.2, 0.25) is 0 Å². The minimum absolute atomic E-state index is 0.455. The van der Waals surface area contributed by atoms with Crippen molar-refractivity contribution in [3.05, 3.63) is 72.8 Å². The summed E-state index contributed by atoms with van der Waals surface area (Å²) in [5, 5.41) is 8.29. The largest absolute Gasteiger partial charge is 0.467 e. The number of methoxy groups -OCH3 is 1. The van der Waals surface area contributed by atoms with Gasteiger partial charge in [-0.2, -0.15) is 10.2 Å². The fourth-order valence-electron chi connectivity index (χ4n) is 2.17. The number of azo groups is 1. The van der Waals surface area contributed by atoms with E-state index in [-0.39, 0.29) is 0 Å². The quantitative estimate of drug-likeness (QED) is 0.517. The molecule has 1 heterocycles. The summed E-state index contributed by atoms with van der Waals surface area (Å²) in [4.78, 5) is 15.8. The Morgan fingerprint density at radius 1 is 1.12 bits per heavy atom. The molecule has 1 atom stereocenters. The van der Waals surface area contributed by atoms with Gasteiger partial charge >= 0.3 is 5.97 Å². The Kier molecular flexibility index (Phi) is 4.76. The molecule has 1 aromatic heterocycles. The molecule has 3 rings (SSSR count). The van der Waals surface area contributed by atoms with Gasteiger partial charge in [0.15, 0.2) is 18.2 Å². The Morgan fingerprint density at radius 2 is 1.88 bits per heavy atom. The summed E-state index contributed by atoms with van der Waals surface area (Å²) in [6.07, 6.45) is 3.02. The van der Waals surface area contributed by atoms with Gasteiger partial charge in [0.1, 0.15) is 0 Å². The van der Waals surface area contributed by atoms with E-state index in [4.69, 9.17) is 9.15 Å². The predicted octanol–water partition coefficient (Wildman–Crippen LogP) is 4.34. The fourth-order valence-corrected chi connectivity index (χ4v) is 2.17. The van der Waals surface area contributed by atoms with Gasteiger partial charge in [-0.15, -0.1) is 0 Å². The maximum absolute atomic E-state index is 11.9. The molecule has 0 radical (unpaired) electrons. The van der Waals surface area contributed by atoms with E-state index in [1.165, 1.54) is 13.5 Å². The first-order chi connectivity index (χ1) is 11.8. The highest BCUT2D eigenvalue weighted by molar-refractivity contribution is 5.77. The molecule has 24 heavy (non-hydrogen) atoms. The monoisotopic (exact) mass is 321 g/mol. The standard InChI is InChI=1S/C18H15N3O3/c1-23-18(22)17(14-5-3-2-4-6-14)21-20-15-9-7-13(8-10-15)16-11-19-12-24-16/h2-12,17H,1H3. The van der Waals surface area contributed by atoms with Crippen LogP contribution in [0.4, 0.5) is 5.69 Å². The van der Waals surface area contributed by atoms with Crippen molar-refractivity contribution in [2.75, 3.05) is 7.11 Å². The SMILES string of the molecule is COC(=O)C(N=Nc1ccc(-c2cnco2)cc1)c1ccccc1. The zero-order chi connectivity index (χ0) is 16.8. The van der Waals surface area contributed by atoms with Gasteiger partial charge in [-0.1, -0.05) is 30.3 Å². The summed E-state index contributed by atoms with van der Waals surface area (Å²) in [7, 11) is 1.33. The second-order valence-corrected chi connectivity index (χ2v) is 4.96. The molecule has 0 aliphatic heterocycles. The van der Waals surface area contributed by atoms with Crippen molar-refractivity contribution in [2.45, 2.75) is 6.04 Å². The molecule has 2 aromatic carbocycles. The number of carbonyl (C=O) groups is 1. The van der Waals surface area contributed by atoms with Crippen LogP contribution in [-0.2, 0) is 9.53 Å². The third-order valence-corrected chi connectivity index (χ3v) is 3.41. The van der Waals surface area contributed by atoms with Crippen LogP contribution in [0.25, 0.3) is 11.3 Å². The Hall–Kier alpha value is -3.28. The minimum atomic E-state index is -0.787. The van der Waals surface area contributed by atoms with E-state index in [0.29, 0.717) is 11.4 Å². The smallest absolute Gasteiger partial charge is 0.337 e. The molecule has 120 valence electrons. The summed E-state index contributed by atoms with van der Waals surface area (Å²) in [6, 6.07) is 15.7. The molecule has 1 unspecified atom stereocenters. The van der Waals surface area contributed by atoms with Crippen LogP contribution in [0.15, 0.2) is 81.8 Å². The maximum Gasteiger partial charge on any atom is 0.337 e. The number of rotatable bonds is 5. The third kappa shape index (κ3) is 3.55. The van der Waals surface area contributed by atoms with E-state index >= 15 is 0 Å². The zero-order valence-corrected chi connectivity index (χ0v) is 13.0. The Bertz CT molecular complexity index is 812. The van der Waals surface area contributed by atoms with Crippen LogP contribution in [-0.4, -0.2) is 18.1 Å². The average molecular weight is 321 g/mol. The topological polar surface area (TPSA) is 77.0 Å². The first-order valence-electron chi connectivity index (χ1n) is 7.30. The molecule has 0 bridgehead atoms. The minimum Gasteiger partial charge on any atom is -0.467 e. The van der Waals surface area contributed by atoms with Gasteiger partial charge in [0.25, 0.3) is 0 Å². The molecule has 0 spiro atoms. The lowest BCUT2D eigenvalue weighted by atomic mass is 10.1. The molecule has 0 aliphatic carbocycles. The van der Waals surface area contributed by atoms with E-state index in [1.54, 1.807) is 18.3 Å². The number of nitrogens with zero attached hydrogens (tertiary/aromatic N) is 3. The summed E-state index contributed by atoms with van der Waals surface area (Å²) in [5.74, 6) is 0.221. The summed E-state index contributed by atoms with van der Waals surface area (Å²) in [5.41, 5.74) is 2.24. The van der Waals surface area contributed by atoms with Crippen molar-refractivity contribution in [3.63, 3.8) is 0 Å². The lowest BCUT2D eigenvalue weighted by molar-refractivity contribution is -0.142. The first-order valence-corrected chi connectivity index (χ1v) is 7.30. The van der Waals surface area contributed by atoms with Crippen LogP contribution in [0, 0.1) is 0 Å². The average Bonchev–Trinajstić information content (AvgIpc) is 3.18. The number of benzene rings is 2. The van der Waals surface area contributed by atoms with Crippen LogP contribution in [0.5, 0.6) is 0 Å². The van der Waals surface area contributed by atoms with E-state index in [0.717, 1.165) is 11.1 Å². The molecule has 0 fully saturated rings. The summed E-state index contributed by atoms with van der Waals surface area (Å²) in [6.45, 7) is 0. The molecule has 0 aliphatic rings. The van der Waals surface area contributed by atoms with Crippen LogP contribution < -0.4 is 0 Å². The fraction of sp³-hybridized carbons (Fsp3) is 0.111. The van der Waals surface area contributed by atoms with Crippen molar-refractivity contribution in [1.29, 1.82) is 0 Å². The molecule has 0 saturated heterocycles. The third-order valence-electron chi connectivity index (χ3n) is 3.41. The molecule has 0 amide bonds. The highest BCUT2D eigenvalue weighted by Gasteiger charge is 2.20. The number of carbonyl (C=O) groups excluding carboxylic acids is 1. The lowest BCUT2D eigenvalue weighted by Gasteiger charge is -2.09.